The zero-order valence-corrected chi connectivity index (χ0v) is 8.54. The predicted molar refractivity (Wildman–Crippen MR) is 53.6 cm³/mol. The Kier molecular flexibility index (Phi) is 1.65. The highest BCUT2D eigenvalue weighted by atomic mass is 15.2. The Balaban J connectivity index is 2.46. The smallest absolute Gasteiger partial charge is 0.200 e. The summed E-state index contributed by atoms with van der Waals surface area (Å²) < 4.78 is 2.15. The lowest BCUT2D eigenvalue weighted by Gasteiger charge is -2.17. The highest BCUT2D eigenvalue weighted by molar-refractivity contribution is 5.31. The Bertz CT molecular complexity index is 321. The van der Waals surface area contributed by atoms with E-state index < -0.39 is 0 Å². The van der Waals surface area contributed by atoms with Crippen LogP contribution in [0.4, 0.5) is 5.95 Å². The van der Waals surface area contributed by atoms with Crippen LogP contribution in [0.2, 0.25) is 0 Å². The van der Waals surface area contributed by atoms with Crippen LogP contribution in [0.5, 0.6) is 0 Å². The van der Waals surface area contributed by atoms with Crippen molar-refractivity contribution in [3.05, 3.63) is 11.9 Å². The third-order valence-corrected chi connectivity index (χ3v) is 2.96. The van der Waals surface area contributed by atoms with Crippen LogP contribution in [0.1, 0.15) is 45.3 Å². The summed E-state index contributed by atoms with van der Waals surface area (Å²) in [6.07, 6.45) is 4.47. The largest absolute Gasteiger partial charge is 0.369 e. The minimum Gasteiger partial charge on any atom is -0.369 e. The number of nitrogens with zero attached hydrogens (tertiary/aromatic N) is 2. The molecule has 1 aliphatic carbocycles. The lowest BCUT2D eigenvalue weighted by Crippen LogP contribution is -2.14. The zero-order chi connectivity index (χ0) is 9.64. The molecule has 0 aliphatic heterocycles. The Morgan fingerprint density at radius 2 is 2.15 bits per heavy atom. The molecule has 1 saturated carbocycles. The van der Waals surface area contributed by atoms with E-state index in [1.165, 1.54) is 18.5 Å². The molecular weight excluding hydrogens is 162 g/mol. The Labute approximate surface area is 79.0 Å². The minimum atomic E-state index is 0.356. The number of hydrogen-bond acceptors (Lipinski definition) is 2. The second kappa shape index (κ2) is 2.50. The van der Waals surface area contributed by atoms with E-state index in [2.05, 4.69) is 30.3 Å². The van der Waals surface area contributed by atoms with E-state index in [-0.39, 0.29) is 0 Å². The molecule has 0 aromatic carbocycles. The molecular formula is C10H17N3. The summed E-state index contributed by atoms with van der Waals surface area (Å²) in [6.45, 7) is 6.57. The molecule has 0 spiro atoms. The Hall–Kier alpha value is -0.990. The first kappa shape index (κ1) is 8.60. The summed E-state index contributed by atoms with van der Waals surface area (Å²) >= 11 is 0. The van der Waals surface area contributed by atoms with E-state index >= 15 is 0 Å². The van der Waals surface area contributed by atoms with Crippen LogP contribution in [0.25, 0.3) is 0 Å². The predicted octanol–water partition coefficient (Wildman–Crippen LogP) is 2.10. The third kappa shape index (κ3) is 1.23. The van der Waals surface area contributed by atoms with Gasteiger partial charge in [-0.25, -0.2) is 4.98 Å². The lowest BCUT2D eigenvalue weighted by atomic mass is 10.1. The molecule has 0 bridgehead atoms. The van der Waals surface area contributed by atoms with Crippen LogP contribution >= 0.6 is 0 Å². The van der Waals surface area contributed by atoms with Gasteiger partial charge in [-0.1, -0.05) is 6.92 Å². The summed E-state index contributed by atoms with van der Waals surface area (Å²) in [5, 5.41) is 0. The van der Waals surface area contributed by atoms with Crippen molar-refractivity contribution in [1.29, 1.82) is 0 Å². The molecule has 1 aliphatic rings. The van der Waals surface area contributed by atoms with Crippen molar-refractivity contribution in [3.63, 3.8) is 0 Å². The second-order valence-corrected chi connectivity index (χ2v) is 4.53. The molecule has 1 aromatic rings. The third-order valence-electron chi connectivity index (χ3n) is 2.96. The van der Waals surface area contributed by atoms with Crippen molar-refractivity contribution in [2.24, 2.45) is 0 Å². The average molecular weight is 179 g/mol. The highest BCUT2D eigenvalue weighted by Gasteiger charge is 2.42. The molecule has 0 unspecified atom stereocenters. The zero-order valence-electron chi connectivity index (χ0n) is 8.54. The molecule has 0 atom stereocenters. The van der Waals surface area contributed by atoms with E-state index in [4.69, 9.17) is 5.73 Å². The van der Waals surface area contributed by atoms with Crippen LogP contribution in [0, 0.1) is 0 Å². The van der Waals surface area contributed by atoms with Crippen molar-refractivity contribution in [2.75, 3.05) is 5.73 Å². The standard InChI is InChI=1S/C10H17N3/c1-7(2)13-8(6-12-9(13)11)10(3)4-5-10/h6-7H,4-5H2,1-3H3,(H2,11,12). The van der Waals surface area contributed by atoms with Gasteiger partial charge < -0.3 is 10.3 Å². The van der Waals surface area contributed by atoms with E-state index in [1.54, 1.807) is 0 Å². The number of aromatic nitrogens is 2. The molecule has 2 N–H and O–H groups in total. The Morgan fingerprint density at radius 1 is 1.54 bits per heavy atom. The maximum absolute atomic E-state index is 5.82. The molecule has 3 heteroatoms. The number of rotatable bonds is 2. The van der Waals surface area contributed by atoms with Crippen LogP contribution in [0.3, 0.4) is 0 Å². The molecule has 0 amide bonds. The van der Waals surface area contributed by atoms with Gasteiger partial charge in [0.05, 0.1) is 6.20 Å². The van der Waals surface area contributed by atoms with E-state index in [0.717, 1.165) is 0 Å². The Morgan fingerprint density at radius 3 is 2.62 bits per heavy atom. The van der Waals surface area contributed by atoms with Crippen molar-refractivity contribution >= 4 is 5.95 Å². The lowest BCUT2D eigenvalue weighted by molar-refractivity contribution is 0.551. The van der Waals surface area contributed by atoms with Gasteiger partial charge in [-0.3, -0.25) is 0 Å². The number of hydrogen-bond donors (Lipinski definition) is 1. The van der Waals surface area contributed by atoms with Crippen molar-refractivity contribution in [3.8, 4) is 0 Å². The SMILES string of the molecule is CC(C)n1c(C2(C)CC2)cnc1N. The number of anilines is 1. The second-order valence-electron chi connectivity index (χ2n) is 4.53. The maximum Gasteiger partial charge on any atom is 0.200 e. The van der Waals surface area contributed by atoms with Gasteiger partial charge in [0.1, 0.15) is 0 Å². The molecule has 0 saturated heterocycles. The van der Waals surface area contributed by atoms with Gasteiger partial charge in [-0.15, -0.1) is 0 Å². The minimum absolute atomic E-state index is 0.356. The average Bonchev–Trinajstić information content (AvgIpc) is 2.63. The van der Waals surface area contributed by atoms with Gasteiger partial charge in [0, 0.05) is 17.2 Å². The van der Waals surface area contributed by atoms with Gasteiger partial charge in [0.25, 0.3) is 0 Å². The summed E-state index contributed by atoms with van der Waals surface area (Å²) in [7, 11) is 0. The molecule has 0 radical (unpaired) electrons. The summed E-state index contributed by atoms with van der Waals surface area (Å²) in [6, 6.07) is 0.412. The first-order valence-corrected chi connectivity index (χ1v) is 4.88. The quantitative estimate of drug-likeness (QED) is 0.755. The monoisotopic (exact) mass is 179 g/mol. The van der Waals surface area contributed by atoms with Gasteiger partial charge in [-0.2, -0.15) is 0 Å². The van der Waals surface area contributed by atoms with Gasteiger partial charge >= 0.3 is 0 Å². The fourth-order valence-corrected chi connectivity index (χ4v) is 1.81. The van der Waals surface area contributed by atoms with Gasteiger partial charge in [-0.05, 0) is 26.7 Å². The first-order valence-electron chi connectivity index (χ1n) is 4.88. The van der Waals surface area contributed by atoms with Crippen LogP contribution in [-0.2, 0) is 5.41 Å². The van der Waals surface area contributed by atoms with Crippen molar-refractivity contribution in [1.82, 2.24) is 9.55 Å². The van der Waals surface area contributed by atoms with Crippen LogP contribution in [-0.4, -0.2) is 9.55 Å². The van der Waals surface area contributed by atoms with Gasteiger partial charge in [0.2, 0.25) is 5.95 Å². The summed E-state index contributed by atoms with van der Waals surface area (Å²) in [5.74, 6) is 0.651. The van der Waals surface area contributed by atoms with E-state index in [0.29, 0.717) is 17.4 Å². The number of nitrogen functional groups attached to an aromatic ring is 1. The van der Waals surface area contributed by atoms with Gasteiger partial charge in [0.15, 0.2) is 0 Å². The molecule has 1 aromatic heterocycles. The van der Waals surface area contributed by atoms with Crippen molar-refractivity contribution < 1.29 is 0 Å². The van der Waals surface area contributed by atoms with Crippen molar-refractivity contribution in [2.45, 2.75) is 45.1 Å². The fourth-order valence-electron chi connectivity index (χ4n) is 1.81. The fraction of sp³-hybridized carbons (Fsp3) is 0.700. The maximum atomic E-state index is 5.82. The molecule has 1 heterocycles. The molecule has 72 valence electrons. The molecule has 3 nitrogen and oxygen atoms in total. The molecule has 1 fully saturated rings. The summed E-state index contributed by atoms with van der Waals surface area (Å²) in [5.41, 5.74) is 7.48. The number of nitrogens with two attached hydrogens (primary N) is 1. The summed E-state index contributed by atoms with van der Waals surface area (Å²) in [4.78, 5) is 4.19. The molecule has 2 rings (SSSR count). The van der Waals surface area contributed by atoms with Crippen LogP contribution < -0.4 is 5.73 Å². The van der Waals surface area contributed by atoms with E-state index in [1.807, 2.05) is 6.20 Å². The normalized spacial score (nSPS) is 19.4. The van der Waals surface area contributed by atoms with Crippen LogP contribution in [0.15, 0.2) is 6.20 Å². The topological polar surface area (TPSA) is 43.8 Å². The number of imidazole rings is 1. The van der Waals surface area contributed by atoms with E-state index in [9.17, 15) is 0 Å². The highest BCUT2D eigenvalue weighted by Crippen LogP contribution is 2.48. The molecule has 13 heavy (non-hydrogen) atoms. The first-order chi connectivity index (χ1) is 6.04.